The molecule has 1 aromatic rings. The lowest BCUT2D eigenvalue weighted by Crippen LogP contribution is -2.16. The Labute approximate surface area is 92.0 Å². The SMILES string of the molecule is CC(C)S(=O)(=O)c1cccc(F)c1[N+](=O)[O-]. The van der Waals surface area contributed by atoms with Crippen LogP contribution in [0.25, 0.3) is 0 Å². The Balaban J connectivity index is 3.59. The molecule has 0 saturated heterocycles. The molecule has 0 spiro atoms. The summed E-state index contributed by atoms with van der Waals surface area (Å²) in [5.41, 5.74) is -0.990. The van der Waals surface area contributed by atoms with E-state index in [0.717, 1.165) is 18.2 Å². The Bertz CT molecular complexity index is 524. The lowest BCUT2D eigenvalue weighted by Gasteiger charge is -2.08. The first-order valence-corrected chi connectivity index (χ1v) is 6.00. The van der Waals surface area contributed by atoms with Crippen molar-refractivity contribution in [2.45, 2.75) is 24.0 Å². The summed E-state index contributed by atoms with van der Waals surface area (Å²) < 4.78 is 36.7. The van der Waals surface area contributed by atoms with Gasteiger partial charge in [-0.25, -0.2) is 8.42 Å². The number of benzene rings is 1. The van der Waals surface area contributed by atoms with E-state index in [1.165, 1.54) is 13.8 Å². The molecule has 16 heavy (non-hydrogen) atoms. The first kappa shape index (κ1) is 12.6. The van der Waals surface area contributed by atoms with Crippen molar-refractivity contribution >= 4 is 15.5 Å². The normalized spacial score (nSPS) is 11.8. The zero-order chi connectivity index (χ0) is 12.5. The van der Waals surface area contributed by atoms with Gasteiger partial charge in [-0.1, -0.05) is 6.07 Å². The number of sulfone groups is 1. The monoisotopic (exact) mass is 247 g/mol. The summed E-state index contributed by atoms with van der Waals surface area (Å²) in [7, 11) is -3.86. The smallest absolute Gasteiger partial charge is 0.258 e. The molecular formula is C9H10FNO4S. The quantitative estimate of drug-likeness (QED) is 0.603. The van der Waals surface area contributed by atoms with Crippen LogP contribution in [0, 0.1) is 15.9 Å². The third-order valence-electron chi connectivity index (χ3n) is 2.06. The van der Waals surface area contributed by atoms with Crippen molar-refractivity contribution in [1.82, 2.24) is 0 Å². The van der Waals surface area contributed by atoms with Gasteiger partial charge in [0.25, 0.3) is 0 Å². The van der Waals surface area contributed by atoms with Crippen molar-refractivity contribution in [2.75, 3.05) is 0 Å². The van der Waals surface area contributed by atoms with Crippen LogP contribution in [0.4, 0.5) is 10.1 Å². The van der Waals surface area contributed by atoms with Crippen LogP contribution >= 0.6 is 0 Å². The maximum absolute atomic E-state index is 13.2. The van der Waals surface area contributed by atoms with Gasteiger partial charge in [0.1, 0.15) is 4.90 Å². The molecule has 0 fully saturated rings. The molecule has 0 atom stereocenters. The highest BCUT2D eigenvalue weighted by Crippen LogP contribution is 2.29. The highest BCUT2D eigenvalue weighted by Gasteiger charge is 2.31. The zero-order valence-electron chi connectivity index (χ0n) is 8.68. The van der Waals surface area contributed by atoms with Gasteiger partial charge < -0.3 is 0 Å². The number of nitro groups is 1. The molecule has 0 aromatic heterocycles. The number of nitrogens with zero attached hydrogens (tertiary/aromatic N) is 1. The summed E-state index contributed by atoms with van der Waals surface area (Å²) in [5, 5.41) is 9.77. The lowest BCUT2D eigenvalue weighted by atomic mass is 10.3. The molecule has 0 heterocycles. The predicted octanol–water partition coefficient (Wildman–Crippen LogP) is 1.92. The van der Waals surface area contributed by atoms with Gasteiger partial charge in [0.15, 0.2) is 9.84 Å². The first-order chi connectivity index (χ1) is 7.28. The number of hydrogen-bond acceptors (Lipinski definition) is 4. The van der Waals surface area contributed by atoms with Gasteiger partial charge in [-0.05, 0) is 26.0 Å². The third-order valence-corrected chi connectivity index (χ3v) is 4.24. The van der Waals surface area contributed by atoms with Crippen LogP contribution in [0.2, 0.25) is 0 Å². The van der Waals surface area contributed by atoms with E-state index in [4.69, 9.17) is 0 Å². The molecule has 0 radical (unpaired) electrons. The fourth-order valence-electron chi connectivity index (χ4n) is 1.16. The minimum atomic E-state index is -3.86. The summed E-state index contributed by atoms with van der Waals surface area (Å²) >= 11 is 0. The second-order valence-electron chi connectivity index (χ2n) is 3.44. The topological polar surface area (TPSA) is 77.3 Å². The van der Waals surface area contributed by atoms with E-state index < -0.39 is 36.4 Å². The molecule has 1 rings (SSSR count). The van der Waals surface area contributed by atoms with Crippen molar-refractivity contribution in [3.05, 3.63) is 34.1 Å². The fraction of sp³-hybridized carbons (Fsp3) is 0.333. The average Bonchev–Trinajstić information content (AvgIpc) is 2.16. The van der Waals surface area contributed by atoms with Gasteiger partial charge in [0.2, 0.25) is 5.82 Å². The van der Waals surface area contributed by atoms with Crippen molar-refractivity contribution in [3.63, 3.8) is 0 Å². The van der Waals surface area contributed by atoms with Gasteiger partial charge in [-0.3, -0.25) is 10.1 Å². The van der Waals surface area contributed by atoms with Crippen LogP contribution in [0.5, 0.6) is 0 Å². The van der Waals surface area contributed by atoms with Crippen molar-refractivity contribution in [1.29, 1.82) is 0 Å². The molecule has 5 nitrogen and oxygen atoms in total. The second kappa shape index (κ2) is 4.17. The van der Waals surface area contributed by atoms with Crippen LogP contribution in [-0.4, -0.2) is 18.6 Å². The third kappa shape index (κ3) is 2.04. The molecular weight excluding hydrogens is 237 g/mol. The number of halogens is 1. The molecule has 0 aliphatic heterocycles. The Morgan fingerprint density at radius 1 is 1.38 bits per heavy atom. The fourth-order valence-corrected chi connectivity index (χ4v) is 2.37. The Morgan fingerprint density at radius 2 is 1.94 bits per heavy atom. The van der Waals surface area contributed by atoms with Crippen molar-refractivity contribution in [3.8, 4) is 0 Å². The van der Waals surface area contributed by atoms with Gasteiger partial charge in [0.05, 0.1) is 10.2 Å². The number of para-hydroxylation sites is 1. The summed E-state index contributed by atoms with van der Waals surface area (Å²) in [5.74, 6) is -1.15. The van der Waals surface area contributed by atoms with Crippen LogP contribution in [0.1, 0.15) is 13.8 Å². The van der Waals surface area contributed by atoms with Crippen molar-refractivity contribution < 1.29 is 17.7 Å². The van der Waals surface area contributed by atoms with E-state index in [0.29, 0.717) is 0 Å². The molecule has 0 unspecified atom stereocenters. The molecule has 0 bridgehead atoms. The molecule has 0 aliphatic carbocycles. The Kier molecular flexibility index (Phi) is 3.27. The maximum Gasteiger partial charge on any atom is 0.323 e. The van der Waals surface area contributed by atoms with E-state index in [-0.39, 0.29) is 0 Å². The summed E-state index contributed by atoms with van der Waals surface area (Å²) in [6.07, 6.45) is 0. The highest BCUT2D eigenvalue weighted by atomic mass is 32.2. The van der Waals surface area contributed by atoms with Gasteiger partial charge in [-0.15, -0.1) is 0 Å². The first-order valence-electron chi connectivity index (χ1n) is 4.45. The summed E-state index contributed by atoms with van der Waals surface area (Å²) in [6.45, 7) is 2.76. The maximum atomic E-state index is 13.2. The van der Waals surface area contributed by atoms with Crippen LogP contribution in [0.3, 0.4) is 0 Å². The van der Waals surface area contributed by atoms with Crippen LogP contribution in [0.15, 0.2) is 23.1 Å². The predicted molar refractivity (Wildman–Crippen MR) is 55.4 cm³/mol. The molecule has 88 valence electrons. The molecule has 1 aromatic carbocycles. The number of hydrogen-bond donors (Lipinski definition) is 0. The molecule has 7 heteroatoms. The Morgan fingerprint density at radius 3 is 2.38 bits per heavy atom. The minimum absolute atomic E-state index is 0.576. The van der Waals surface area contributed by atoms with E-state index >= 15 is 0 Å². The lowest BCUT2D eigenvalue weighted by molar-refractivity contribution is -0.390. The molecule has 0 saturated carbocycles. The van der Waals surface area contributed by atoms with Crippen LogP contribution < -0.4 is 0 Å². The van der Waals surface area contributed by atoms with E-state index in [1.54, 1.807) is 0 Å². The number of rotatable bonds is 3. The largest absolute Gasteiger partial charge is 0.323 e. The van der Waals surface area contributed by atoms with E-state index in [9.17, 15) is 22.9 Å². The minimum Gasteiger partial charge on any atom is -0.258 e. The summed E-state index contributed by atoms with van der Waals surface area (Å²) in [6, 6.07) is 3.03. The Hall–Kier alpha value is -1.50. The van der Waals surface area contributed by atoms with Gasteiger partial charge in [0, 0.05) is 0 Å². The molecule has 0 N–H and O–H groups in total. The van der Waals surface area contributed by atoms with E-state index in [1.807, 2.05) is 0 Å². The standard InChI is InChI=1S/C9H10FNO4S/c1-6(2)16(14,15)8-5-3-4-7(10)9(8)11(12)13/h3-6H,1-2H3. The highest BCUT2D eigenvalue weighted by molar-refractivity contribution is 7.92. The second-order valence-corrected chi connectivity index (χ2v) is 5.91. The van der Waals surface area contributed by atoms with Gasteiger partial charge >= 0.3 is 5.69 Å². The molecule has 0 amide bonds. The average molecular weight is 247 g/mol. The number of nitro benzene ring substituents is 1. The van der Waals surface area contributed by atoms with Gasteiger partial charge in [-0.2, -0.15) is 4.39 Å². The summed E-state index contributed by atoms with van der Waals surface area (Å²) in [4.78, 5) is 9.01. The van der Waals surface area contributed by atoms with E-state index in [2.05, 4.69) is 0 Å². The van der Waals surface area contributed by atoms with Crippen LogP contribution in [-0.2, 0) is 9.84 Å². The van der Waals surface area contributed by atoms with Crippen molar-refractivity contribution in [2.24, 2.45) is 0 Å². The zero-order valence-corrected chi connectivity index (χ0v) is 9.49. The molecule has 0 aliphatic rings.